The zero-order valence-corrected chi connectivity index (χ0v) is 16.4. The van der Waals surface area contributed by atoms with Gasteiger partial charge in [-0.15, -0.1) is 0 Å². The van der Waals surface area contributed by atoms with E-state index in [2.05, 4.69) is 10.2 Å². The number of nitrogens with one attached hydrogen (secondary N) is 2. The average Bonchev–Trinajstić information content (AvgIpc) is 3.23. The van der Waals surface area contributed by atoms with Gasteiger partial charge in [0.1, 0.15) is 5.76 Å². The minimum atomic E-state index is -3.95. The van der Waals surface area contributed by atoms with Gasteiger partial charge in [0, 0.05) is 7.05 Å². The molecule has 1 aromatic heterocycles. The van der Waals surface area contributed by atoms with Gasteiger partial charge >= 0.3 is 12.0 Å². The smallest absolute Gasteiger partial charge is 0.338 e. The molecule has 0 aliphatic heterocycles. The molecule has 2 aromatic rings. The predicted molar refractivity (Wildman–Crippen MR) is 97.8 cm³/mol. The molecule has 29 heavy (non-hydrogen) atoms. The average molecular weight is 425 g/mol. The van der Waals surface area contributed by atoms with E-state index in [9.17, 15) is 22.8 Å². The highest BCUT2D eigenvalue weighted by atomic mass is 32.2. The maximum absolute atomic E-state index is 12.2. The van der Waals surface area contributed by atoms with Crippen molar-refractivity contribution < 1.29 is 36.8 Å². The van der Waals surface area contributed by atoms with E-state index in [-0.39, 0.29) is 17.0 Å². The summed E-state index contributed by atoms with van der Waals surface area (Å²) >= 11 is 0. The van der Waals surface area contributed by atoms with E-state index in [4.69, 9.17) is 9.15 Å². The van der Waals surface area contributed by atoms with Crippen LogP contribution >= 0.6 is 0 Å². The van der Waals surface area contributed by atoms with Gasteiger partial charge in [-0.1, -0.05) is 10.5 Å². The summed E-state index contributed by atoms with van der Waals surface area (Å²) in [7, 11) is -1.58. The number of furan rings is 1. The molecule has 0 radical (unpaired) electrons. The Morgan fingerprint density at radius 1 is 1.17 bits per heavy atom. The highest BCUT2D eigenvalue weighted by Crippen LogP contribution is 2.16. The number of hydrogen-bond donors (Lipinski definition) is 2. The number of nitrogens with zero attached hydrogens (tertiary/aromatic N) is 1. The molecule has 12 heteroatoms. The summed E-state index contributed by atoms with van der Waals surface area (Å²) in [4.78, 5) is 39.9. The van der Waals surface area contributed by atoms with Gasteiger partial charge in [0.15, 0.2) is 6.61 Å². The summed E-state index contributed by atoms with van der Waals surface area (Å²) in [5, 5.41) is 4.37. The molecule has 0 fully saturated rings. The minimum Gasteiger partial charge on any atom is -0.467 e. The number of amides is 3. The van der Waals surface area contributed by atoms with Crippen LogP contribution in [0.5, 0.6) is 0 Å². The lowest BCUT2D eigenvalue weighted by Crippen LogP contribution is -2.41. The van der Waals surface area contributed by atoms with Crippen molar-refractivity contribution in [2.24, 2.45) is 0 Å². The Kier molecular flexibility index (Phi) is 7.47. The largest absolute Gasteiger partial charge is 0.467 e. The maximum Gasteiger partial charge on any atom is 0.338 e. The van der Waals surface area contributed by atoms with E-state index in [1.165, 1.54) is 38.6 Å². The fourth-order valence-corrected chi connectivity index (χ4v) is 3.05. The van der Waals surface area contributed by atoms with Crippen LogP contribution in [0.25, 0.3) is 0 Å². The van der Waals surface area contributed by atoms with Crippen molar-refractivity contribution in [1.29, 1.82) is 0 Å². The lowest BCUT2D eigenvalue weighted by Gasteiger charge is -2.14. The van der Waals surface area contributed by atoms with Crippen molar-refractivity contribution in [3.8, 4) is 0 Å². The molecule has 156 valence electrons. The fourth-order valence-electron chi connectivity index (χ4n) is 2.03. The number of carbonyl (C=O) groups excluding carboxylic acids is 3. The van der Waals surface area contributed by atoms with E-state index >= 15 is 0 Å². The second kappa shape index (κ2) is 9.82. The Labute approximate surface area is 166 Å². The van der Waals surface area contributed by atoms with Crippen molar-refractivity contribution in [2.75, 3.05) is 20.8 Å². The van der Waals surface area contributed by atoms with Crippen LogP contribution in [0.4, 0.5) is 4.79 Å². The van der Waals surface area contributed by atoms with Gasteiger partial charge in [0.05, 0.1) is 30.4 Å². The molecule has 0 aliphatic rings. The number of imide groups is 1. The van der Waals surface area contributed by atoms with Gasteiger partial charge in [-0.3, -0.25) is 14.9 Å². The topological polar surface area (TPSA) is 144 Å². The van der Waals surface area contributed by atoms with E-state index in [0.717, 1.165) is 6.07 Å². The van der Waals surface area contributed by atoms with E-state index in [1.807, 2.05) is 5.32 Å². The molecule has 0 aliphatic carbocycles. The number of ether oxygens (including phenoxy) is 1. The number of urea groups is 1. The Morgan fingerprint density at radius 3 is 2.59 bits per heavy atom. The van der Waals surface area contributed by atoms with E-state index in [1.54, 1.807) is 12.1 Å². The Hall–Kier alpha value is -3.22. The van der Waals surface area contributed by atoms with Crippen molar-refractivity contribution in [3.63, 3.8) is 0 Å². The van der Waals surface area contributed by atoms with Crippen molar-refractivity contribution in [1.82, 2.24) is 15.1 Å². The maximum atomic E-state index is 12.2. The molecule has 11 nitrogen and oxygen atoms in total. The van der Waals surface area contributed by atoms with Crippen LogP contribution in [-0.4, -0.2) is 51.6 Å². The zero-order chi connectivity index (χ0) is 21.4. The molecule has 0 saturated heterocycles. The van der Waals surface area contributed by atoms with Gasteiger partial charge in [-0.05, 0) is 30.3 Å². The summed E-state index contributed by atoms with van der Waals surface area (Å²) in [6, 6.07) is 7.52. The monoisotopic (exact) mass is 425 g/mol. The SMILES string of the molecule is CON(C)S(=O)(=O)c1cccc(C(=O)OCC(=O)NC(=O)NCc2ccco2)c1. The first kappa shape index (κ1) is 22.1. The first-order valence-corrected chi connectivity index (χ1v) is 9.58. The normalized spacial score (nSPS) is 11.1. The van der Waals surface area contributed by atoms with E-state index < -0.39 is 34.5 Å². The van der Waals surface area contributed by atoms with Crippen LogP contribution in [-0.2, 0) is 30.9 Å². The van der Waals surface area contributed by atoms with Crippen LogP contribution < -0.4 is 10.6 Å². The third-order valence-corrected chi connectivity index (χ3v) is 5.23. The number of benzene rings is 1. The molecule has 0 unspecified atom stereocenters. The van der Waals surface area contributed by atoms with Gasteiger partial charge in [0.25, 0.3) is 15.9 Å². The summed E-state index contributed by atoms with van der Waals surface area (Å²) in [5.41, 5.74) is -0.0920. The van der Waals surface area contributed by atoms with Crippen molar-refractivity contribution in [3.05, 3.63) is 54.0 Å². The van der Waals surface area contributed by atoms with Crippen LogP contribution in [0.3, 0.4) is 0 Å². The van der Waals surface area contributed by atoms with E-state index in [0.29, 0.717) is 10.2 Å². The molecule has 0 bridgehead atoms. The van der Waals surface area contributed by atoms with Crippen LogP contribution in [0.1, 0.15) is 16.1 Å². The van der Waals surface area contributed by atoms with Crippen LogP contribution in [0, 0.1) is 0 Å². The second-order valence-corrected chi connectivity index (χ2v) is 7.45. The molecule has 3 amide bonds. The van der Waals surface area contributed by atoms with Gasteiger partial charge in [0.2, 0.25) is 0 Å². The standard InChI is InChI=1S/C17H19N3O8S/c1-20(26-2)29(24,25)14-7-3-5-12(9-14)16(22)28-11-15(21)19-17(23)18-10-13-6-4-8-27-13/h3-9H,10-11H2,1-2H3,(H2,18,19,21,23). The number of carbonyl (C=O) groups is 3. The van der Waals surface area contributed by atoms with Gasteiger partial charge < -0.3 is 14.5 Å². The molecule has 1 heterocycles. The lowest BCUT2D eigenvalue weighted by atomic mass is 10.2. The summed E-state index contributed by atoms with van der Waals surface area (Å²) < 4.78 is 34.9. The van der Waals surface area contributed by atoms with Crippen molar-refractivity contribution in [2.45, 2.75) is 11.4 Å². The van der Waals surface area contributed by atoms with Crippen LogP contribution in [0.2, 0.25) is 0 Å². The highest BCUT2D eigenvalue weighted by molar-refractivity contribution is 7.89. The fraction of sp³-hybridized carbons (Fsp3) is 0.235. The third kappa shape index (κ3) is 6.14. The van der Waals surface area contributed by atoms with Gasteiger partial charge in [-0.25, -0.2) is 18.0 Å². The molecular formula is C17H19N3O8S. The Morgan fingerprint density at radius 2 is 1.93 bits per heavy atom. The zero-order valence-electron chi connectivity index (χ0n) is 15.6. The van der Waals surface area contributed by atoms with Crippen molar-refractivity contribution >= 4 is 27.9 Å². The number of esters is 1. The highest BCUT2D eigenvalue weighted by Gasteiger charge is 2.22. The molecule has 2 N–H and O–H groups in total. The molecule has 1 aromatic carbocycles. The third-order valence-electron chi connectivity index (χ3n) is 3.55. The number of hydroxylamine groups is 1. The Bertz CT molecular complexity index is 972. The predicted octanol–water partition coefficient (Wildman–Crippen LogP) is 0.644. The quantitative estimate of drug-likeness (QED) is 0.463. The second-order valence-electron chi connectivity index (χ2n) is 5.51. The van der Waals surface area contributed by atoms with Gasteiger partial charge in [-0.2, -0.15) is 0 Å². The summed E-state index contributed by atoms with van der Waals surface area (Å²) in [6.45, 7) is -0.662. The molecule has 0 saturated carbocycles. The minimum absolute atomic E-state index is 0.0725. The number of hydrogen-bond acceptors (Lipinski definition) is 8. The molecular weight excluding hydrogens is 406 g/mol. The molecule has 0 atom stereocenters. The first-order valence-electron chi connectivity index (χ1n) is 8.14. The number of sulfonamides is 1. The lowest BCUT2D eigenvalue weighted by molar-refractivity contribution is -0.123. The molecule has 2 rings (SSSR count). The number of rotatable bonds is 8. The molecule has 0 spiro atoms. The Balaban J connectivity index is 1.88. The van der Waals surface area contributed by atoms with Crippen LogP contribution in [0.15, 0.2) is 52.0 Å². The summed E-state index contributed by atoms with van der Waals surface area (Å²) in [6.07, 6.45) is 1.44. The first-order chi connectivity index (χ1) is 13.7. The summed E-state index contributed by atoms with van der Waals surface area (Å²) in [5.74, 6) is -1.31.